The van der Waals surface area contributed by atoms with Gasteiger partial charge in [-0.05, 0) is 39.7 Å². The number of pyridine rings is 1. The summed E-state index contributed by atoms with van der Waals surface area (Å²) in [5.41, 5.74) is 1.70. The summed E-state index contributed by atoms with van der Waals surface area (Å²) in [4.78, 5) is 15.0. The van der Waals surface area contributed by atoms with Gasteiger partial charge in [0.25, 0.3) is 5.56 Å². The molecule has 0 bridgehead atoms. The SMILES string of the molecule is O=c1[nH]c(-c2ccc(Br)cc2)c(Br)c2ccccc12. The van der Waals surface area contributed by atoms with Gasteiger partial charge < -0.3 is 4.98 Å². The molecule has 0 aliphatic heterocycles. The van der Waals surface area contributed by atoms with E-state index in [1.807, 2.05) is 48.5 Å². The molecule has 3 rings (SSSR count). The van der Waals surface area contributed by atoms with Crippen LogP contribution in [0.1, 0.15) is 0 Å². The van der Waals surface area contributed by atoms with Crippen molar-refractivity contribution < 1.29 is 0 Å². The topological polar surface area (TPSA) is 32.9 Å². The van der Waals surface area contributed by atoms with E-state index in [9.17, 15) is 4.79 Å². The van der Waals surface area contributed by atoms with E-state index < -0.39 is 0 Å². The predicted molar refractivity (Wildman–Crippen MR) is 85.4 cm³/mol. The molecule has 0 atom stereocenters. The molecular formula is C15H9Br2NO. The third-order valence-electron chi connectivity index (χ3n) is 3.00. The minimum Gasteiger partial charge on any atom is -0.320 e. The first-order chi connectivity index (χ1) is 9.16. The van der Waals surface area contributed by atoms with E-state index in [0.29, 0.717) is 5.39 Å². The Morgan fingerprint density at radius 2 is 1.47 bits per heavy atom. The molecule has 0 fully saturated rings. The van der Waals surface area contributed by atoms with Crippen LogP contribution in [0, 0.1) is 0 Å². The van der Waals surface area contributed by atoms with Gasteiger partial charge in [0.2, 0.25) is 0 Å². The van der Waals surface area contributed by atoms with Gasteiger partial charge in [-0.25, -0.2) is 0 Å². The van der Waals surface area contributed by atoms with Crippen molar-refractivity contribution in [2.45, 2.75) is 0 Å². The minimum atomic E-state index is -0.0725. The fourth-order valence-corrected chi connectivity index (χ4v) is 3.00. The second-order valence-corrected chi connectivity index (χ2v) is 5.90. The number of hydrogen-bond acceptors (Lipinski definition) is 1. The van der Waals surface area contributed by atoms with Crippen LogP contribution < -0.4 is 5.56 Å². The fourth-order valence-electron chi connectivity index (χ4n) is 2.06. The first-order valence-electron chi connectivity index (χ1n) is 5.73. The van der Waals surface area contributed by atoms with E-state index in [4.69, 9.17) is 0 Å². The van der Waals surface area contributed by atoms with Crippen molar-refractivity contribution >= 4 is 42.6 Å². The zero-order valence-electron chi connectivity index (χ0n) is 9.78. The van der Waals surface area contributed by atoms with Gasteiger partial charge in [-0.3, -0.25) is 4.79 Å². The Hall–Kier alpha value is -1.39. The second kappa shape index (κ2) is 4.94. The maximum atomic E-state index is 12.1. The molecular weight excluding hydrogens is 370 g/mol. The molecule has 0 amide bonds. The van der Waals surface area contributed by atoms with Crippen LogP contribution in [0.5, 0.6) is 0 Å². The molecule has 4 heteroatoms. The molecule has 0 saturated heterocycles. The molecule has 0 spiro atoms. The number of fused-ring (bicyclic) bond motifs is 1. The lowest BCUT2D eigenvalue weighted by molar-refractivity contribution is 1.26. The number of hydrogen-bond donors (Lipinski definition) is 1. The van der Waals surface area contributed by atoms with E-state index in [2.05, 4.69) is 36.8 Å². The van der Waals surface area contributed by atoms with E-state index in [1.54, 1.807) is 0 Å². The third kappa shape index (κ3) is 2.26. The highest BCUT2D eigenvalue weighted by atomic mass is 79.9. The predicted octanol–water partition coefficient (Wildman–Crippen LogP) is 4.72. The molecule has 94 valence electrons. The van der Waals surface area contributed by atoms with E-state index in [-0.39, 0.29) is 5.56 Å². The van der Waals surface area contributed by atoms with Gasteiger partial charge in [-0.2, -0.15) is 0 Å². The van der Waals surface area contributed by atoms with Crippen molar-refractivity contribution in [1.29, 1.82) is 0 Å². The summed E-state index contributed by atoms with van der Waals surface area (Å²) in [6.45, 7) is 0. The Kier molecular flexibility index (Phi) is 3.29. The number of H-pyrrole nitrogens is 1. The Labute approximate surface area is 126 Å². The summed E-state index contributed by atoms with van der Waals surface area (Å²) in [5.74, 6) is 0. The summed E-state index contributed by atoms with van der Waals surface area (Å²) in [6, 6.07) is 15.4. The number of nitrogens with one attached hydrogen (secondary N) is 1. The molecule has 1 N–H and O–H groups in total. The highest BCUT2D eigenvalue weighted by Crippen LogP contribution is 2.31. The molecule has 2 nitrogen and oxygen atoms in total. The van der Waals surface area contributed by atoms with Crippen LogP contribution in [0.2, 0.25) is 0 Å². The molecule has 1 heterocycles. The maximum absolute atomic E-state index is 12.1. The zero-order chi connectivity index (χ0) is 13.4. The van der Waals surface area contributed by atoms with Crippen molar-refractivity contribution in [3.05, 3.63) is 67.8 Å². The monoisotopic (exact) mass is 377 g/mol. The van der Waals surface area contributed by atoms with Crippen LogP contribution >= 0.6 is 31.9 Å². The average molecular weight is 379 g/mol. The summed E-state index contributed by atoms with van der Waals surface area (Å²) in [7, 11) is 0. The van der Waals surface area contributed by atoms with E-state index in [0.717, 1.165) is 25.6 Å². The lowest BCUT2D eigenvalue weighted by Gasteiger charge is -2.08. The van der Waals surface area contributed by atoms with Crippen molar-refractivity contribution in [3.63, 3.8) is 0 Å². The van der Waals surface area contributed by atoms with Crippen LogP contribution in [0.4, 0.5) is 0 Å². The smallest absolute Gasteiger partial charge is 0.256 e. The number of rotatable bonds is 1. The van der Waals surface area contributed by atoms with Crippen LogP contribution in [0.3, 0.4) is 0 Å². The standard InChI is InChI=1S/C15H9Br2NO/c16-10-7-5-9(6-8-10)14-13(17)11-3-1-2-4-12(11)15(19)18-14/h1-8H,(H,18,19). The first kappa shape index (κ1) is 12.6. The van der Waals surface area contributed by atoms with Gasteiger partial charge in [-0.15, -0.1) is 0 Å². The molecule has 0 unspecified atom stereocenters. The number of halogens is 2. The zero-order valence-corrected chi connectivity index (χ0v) is 13.0. The molecule has 0 saturated carbocycles. The van der Waals surface area contributed by atoms with Crippen LogP contribution in [0.25, 0.3) is 22.0 Å². The Morgan fingerprint density at radius 1 is 0.842 bits per heavy atom. The Balaban J connectivity index is 2.33. The lowest BCUT2D eigenvalue weighted by Crippen LogP contribution is -2.08. The molecule has 1 aromatic heterocycles. The van der Waals surface area contributed by atoms with Gasteiger partial charge in [0.05, 0.1) is 5.69 Å². The summed E-state index contributed by atoms with van der Waals surface area (Å²) >= 11 is 7.00. The molecule has 0 radical (unpaired) electrons. The minimum absolute atomic E-state index is 0.0725. The molecule has 0 aliphatic rings. The van der Waals surface area contributed by atoms with Gasteiger partial charge in [-0.1, -0.05) is 46.3 Å². The van der Waals surface area contributed by atoms with Crippen molar-refractivity contribution in [2.24, 2.45) is 0 Å². The summed E-state index contributed by atoms with van der Waals surface area (Å²) in [6.07, 6.45) is 0. The highest BCUT2D eigenvalue weighted by Gasteiger charge is 2.10. The number of benzene rings is 2. The highest BCUT2D eigenvalue weighted by molar-refractivity contribution is 9.11. The third-order valence-corrected chi connectivity index (χ3v) is 4.35. The molecule has 2 aromatic carbocycles. The van der Waals surface area contributed by atoms with Crippen molar-refractivity contribution in [2.75, 3.05) is 0 Å². The maximum Gasteiger partial charge on any atom is 0.256 e. The van der Waals surface area contributed by atoms with Gasteiger partial charge in [0.1, 0.15) is 0 Å². The first-order valence-corrected chi connectivity index (χ1v) is 7.32. The van der Waals surface area contributed by atoms with Crippen molar-refractivity contribution in [3.8, 4) is 11.3 Å². The quantitative estimate of drug-likeness (QED) is 0.652. The molecule has 0 aliphatic carbocycles. The number of aromatic amines is 1. The van der Waals surface area contributed by atoms with Crippen LogP contribution in [-0.4, -0.2) is 4.98 Å². The van der Waals surface area contributed by atoms with Gasteiger partial charge in [0, 0.05) is 19.7 Å². The molecule has 19 heavy (non-hydrogen) atoms. The largest absolute Gasteiger partial charge is 0.320 e. The van der Waals surface area contributed by atoms with E-state index >= 15 is 0 Å². The summed E-state index contributed by atoms with van der Waals surface area (Å²) < 4.78 is 1.92. The normalized spacial score (nSPS) is 10.8. The molecule has 3 aromatic rings. The summed E-state index contributed by atoms with van der Waals surface area (Å²) in [5, 5.41) is 1.61. The van der Waals surface area contributed by atoms with Crippen molar-refractivity contribution in [1.82, 2.24) is 4.98 Å². The van der Waals surface area contributed by atoms with E-state index in [1.165, 1.54) is 0 Å². The Morgan fingerprint density at radius 3 is 2.16 bits per heavy atom. The fraction of sp³-hybridized carbons (Fsp3) is 0. The Bertz CT molecular complexity index is 806. The van der Waals surface area contributed by atoms with Crippen LogP contribution in [-0.2, 0) is 0 Å². The second-order valence-electron chi connectivity index (χ2n) is 4.20. The van der Waals surface area contributed by atoms with Gasteiger partial charge >= 0.3 is 0 Å². The average Bonchev–Trinajstić information content (AvgIpc) is 2.44. The van der Waals surface area contributed by atoms with Crippen LogP contribution in [0.15, 0.2) is 62.3 Å². The van der Waals surface area contributed by atoms with Gasteiger partial charge in [0.15, 0.2) is 0 Å². The number of aromatic nitrogens is 1. The lowest BCUT2D eigenvalue weighted by atomic mass is 10.1.